The fourth-order valence-electron chi connectivity index (χ4n) is 3.99. The van der Waals surface area contributed by atoms with Crippen molar-refractivity contribution in [2.24, 2.45) is 0 Å². The minimum Gasteiger partial charge on any atom is -1.00 e. The van der Waals surface area contributed by atoms with Crippen LogP contribution in [0, 0.1) is 11.6 Å². The van der Waals surface area contributed by atoms with Gasteiger partial charge in [-0.1, -0.05) is 6.07 Å². The predicted molar refractivity (Wildman–Crippen MR) is 120 cm³/mol. The van der Waals surface area contributed by atoms with Gasteiger partial charge in [0.05, 0.1) is 19.2 Å². The first kappa shape index (κ1) is 30.0. The summed E-state index contributed by atoms with van der Waals surface area (Å²) < 4.78 is 48.2. The molecular weight excluding hydrogens is 539 g/mol. The number of aromatic nitrogens is 1. The van der Waals surface area contributed by atoms with Crippen LogP contribution in [0.4, 0.5) is 13.6 Å². The summed E-state index contributed by atoms with van der Waals surface area (Å²) in [6.45, 7) is -0.291. The zero-order valence-corrected chi connectivity index (χ0v) is 22.8. The van der Waals surface area contributed by atoms with Crippen LogP contribution >= 0.6 is 0 Å². The number of carboxylic acids is 1. The van der Waals surface area contributed by atoms with Crippen LogP contribution < -0.4 is 45.0 Å². The summed E-state index contributed by atoms with van der Waals surface area (Å²) >= 11 is 0. The topological polar surface area (TPSA) is 163 Å². The Labute approximate surface area is 242 Å². The van der Waals surface area contributed by atoms with Gasteiger partial charge in [0.15, 0.2) is 18.5 Å². The molecule has 0 spiro atoms. The van der Waals surface area contributed by atoms with Crippen molar-refractivity contribution in [3.05, 3.63) is 63.1 Å². The monoisotopic (exact) mass is 561 g/mol. The number of nitrogens with zero attached hydrogens (tertiary/aromatic N) is 2. The Balaban J connectivity index is 0.00000280. The number of carbonyl (C=O) groups is 4. The Morgan fingerprint density at radius 1 is 1.23 bits per heavy atom. The van der Waals surface area contributed by atoms with E-state index in [9.17, 15) is 32.8 Å². The number of pyridine rings is 1. The van der Waals surface area contributed by atoms with E-state index in [2.05, 4.69) is 14.8 Å². The van der Waals surface area contributed by atoms with Gasteiger partial charge in [-0.05, 0) is 13.0 Å². The zero-order chi connectivity index (χ0) is 27.6. The van der Waals surface area contributed by atoms with Crippen LogP contribution in [0.3, 0.4) is 0 Å². The Kier molecular flexibility index (Phi) is 9.66. The van der Waals surface area contributed by atoms with Gasteiger partial charge in [0.25, 0.3) is 11.8 Å². The van der Waals surface area contributed by atoms with Crippen molar-refractivity contribution in [1.29, 1.82) is 0 Å². The minimum atomic E-state index is -1.43. The van der Waals surface area contributed by atoms with Gasteiger partial charge in [0.1, 0.15) is 17.2 Å². The summed E-state index contributed by atoms with van der Waals surface area (Å²) in [5.41, 5.74) is -1.78. The molecule has 204 valence electrons. The summed E-state index contributed by atoms with van der Waals surface area (Å²) in [5.74, 6) is -5.33. The van der Waals surface area contributed by atoms with E-state index < -0.39 is 71.9 Å². The molecular formula is C23H22F2N3NaO10. The Morgan fingerprint density at radius 3 is 2.67 bits per heavy atom. The molecule has 1 aromatic heterocycles. The van der Waals surface area contributed by atoms with E-state index in [0.29, 0.717) is 6.07 Å². The molecule has 1 fully saturated rings. The van der Waals surface area contributed by atoms with Gasteiger partial charge in [-0.2, -0.15) is 0 Å². The molecule has 2 aliphatic heterocycles. The molecule has 1 aromatic carbocycles. The Morgan fingerprint density at radius 2 is 1.97 bits per heavy atom. The van der Waals surface area contributed by atoms with E-state index >= 15 is 0 Å². The van der Waals surface area contributed by atoms with E-state index in [1.165, 1.54) is 9.47 Å². The van der Waals surface area contributed by atoms with Crippen LogP contribution in [-0.4, -0.2) is 70.8 Å². The first-order chi connectivity index (χ1) is 18.1. The molecule has 4 rings (SSSR count). The van der Waals surface area contributed by atoms with Crippen LogP contribution in [0.1, 0.15) is 34.8 Å². The number of hydrogen-bond donors (Lipinski definition) is 2. The molecule has 2 aromatic rings. The zero-order valence-electron chi connectivity index (χ0n) is 21.8. The number of nitrogens with one attached hydrogen (secondary N) is 1. The summed E-state index contributed by atoms with van der Waals surface area (Å²) in [6.07, 6.45) is -0.957. The van der Waals surface area contributed by atoms with Crippen LogP contribution in [-0.2, 0) is 32.1 Å². The fourth-order valence-corrected chi connectivity index (χ4v) is 3.99. The maximum Gasteiger partial charge on any atom is 1.00 e. The number of ether oxygens (including phenoxy) is 4. The number of hydrogen-bond acceptors (Lipinski definition) is 9. The number of aliphatic carboxylic acids is 1. The van der Waals surface area contributed by atoms with Gasteiger partial charge >= 0.3 is 41.7 Å². The second kappa shape index (κ2) is 12.5. The van der Waals surface area contributed by atoms with Crippen LogP contribution in [0.15, 0.2) is 29.2 Å². The molecule has 2 atom stereocenters. The molecule has 2 amide bonds. The Hall–Kier alpha value is -3.53. The predicted octanol–water partition coefficient (Wildman–Crippen LogP) is -2.05. The summed E-state index contributed by atoms with van der Waals surface area (Å²) in [6, 6.07) is 2.46. The maximum atomic E-state index is 14.0. The SMILES string of the molecule is C[C@H]1CO[C@@H]2Cn3cc(C(=O)NCc4ccc(F)cc4F)c(=O)c(OCOC(=O)OCC(=O)O)c3C(=O)N12.[H-].[Na+]. The molecule has 2 N–H and O–H groups in total. The maximum absolute atomic E-state index is 14.0. The molecule has 0 aliphatic carbocycles. The molecule has 1 saturated heterocycles. The molecule has 0 unspecified atom stereocenters. The van der Waals surface area contributed by atoms with E-state index in [1.54, 1.807) is 6.92 Å². The number of carboxylic acid groups (broad SMARTS) is 1. The van der Waals surface area contributed by atoms with Gasteiger partial charge in [0, 0.05) is 24.4 Å². The Bertz CT molecular complexity index is 1380. The summed E-state index contributed by atoms with van der Waals surface area (Å²) in [4.78, 5) is 62.8. The van der Waals surface area contributed by atoms with Gasteiger partial charge in [0.2, 0.25) is 18.0 Å². The second-order valence-corrected chi connectivity index (χ2v) is 8.31. The quantitative estimate of drug-likeness (QED) is 0.208. The van der Waals surface area contributed by atoms with E-state index in [-0.39, 0.29) is 68.0 Å². The average Bonchev–Trinajstić information content (AvgIpc) is 3.23. The van der Waals surface area contributed by atoms with E-state index in [1.807, 2.05) is 0 Å². The first-order valence-electron chi connectivity index (χ1n) is 11.1. The fraction of sp³-hybridized carbons (Fsp3) is 0.348. The van der Waals surface area contributed by atoms with Crippen molar-refractivity contribution in [2.45, 2.75) is 32.3 Å². The van der Waals surface area contributed by atoms with Crippen molar-refractivity contribution >= 4 is 23.9 Å². The number of fused-ring (bicyclic) bond motifs is 2. The van der Waals surface area contributed by atoms with Gasteiger partial charge in [-0.15, -0.1) is 0 Å². The van der Waals surface area contributed by atoms with Crippen LogP contribution in [0.25, 0.3) is 0 Å². The van der Waals surface area contributed by atoms with Crippen molar-refractivity contribution in [3.8, 4) is 5.75 Å². The third-order valence-corrected chi connectivity index (χ3v) is 5.74. The average molecular weight is 561 g/mol. The smallest absolute Gasteiger partial charge is 1.00 e. The second-order valence-electron chi connectivity index (χ2n) is 8.31. The first-order valence-corrected chi connectivity index (χ1v) is 11.1. The van der Waals surface area contributed by atoms with Crippen molar-refractivity contribution in [1.82, 2.24) is 14.8 Å². The normalized spacial score (nSPS) is 17.4. The largest absolute Gasteiger partial charge is 1.00 e. The molecule has 2 aliphatic rings. The third kappa shape index (κ3) is 6.55. The number of benzene rings is 1. The van der Waals surface area contributed by atoms with Crippen molar-refractivity contribution < 1.29 is 83.0 Å². The van der Waals surface area contributed by atoms with Gasteiger partial charge in [-0.25, -0.2) is 18.4 Å². The minimum absolute atomic E-state index is 0. The molecule has 39 heavy (non-hydrogen) atoms. The summed E-state index contributed by atoms with van der Waals surface area (Å²) in [5, 5.41) is 10.9. The number of halogens is 2. The number of carbonyl (C=O) groups excluding carboxylic acids is 3. The molecule has 13 nitrogen and oxygen atoms in total. The molecule has 0 bridgehead atoms. The molecule has 3 heterocycles. The van der Waals surface area contributed by atoms with Gasteiger partial charge in [-0.3, -0.25) is 14.4 Å². The molecule has 16 heteroatoms. The summed E-state index contributed by atoms with van der Waals surface area (Å²) in [7, 11) is 0. The molecule has 0 radical (unpaired) electrons. The standard InChI is InChI=1S/C23H21F2N3O10.Na.H/c1-11-8-35-16-7-27-6-14(21(32)26-5-12-2-3-13(24)4-15(12)25)19(31)20(18(27)22(33)28(11)16)37-10-38-23(34)36-9-17(29)30;;/h2-4,6,11,16H,5,7-10H2,1H3,(H,26,32)(H,29,30);;/q;+1;-1/t11-,16+;;/m0../s1. The molecule has 0 saturated carbocycles. The van der Waals surface area contributed by atoms with E-state index in [4.69, 9.17) is 14.6 Å². The van der Waals surface area contributed by atoms with E-state index in [0.717, 1.165) is 18.3 Å². The third-order valence-electron chi connectivity index (χ3n) is 5.74. The van der Waals surface area contributed by atoms with Crippen molar-refractivity contribution in [2.75, 3.05) is 20.0 Å². The van der Waals surface area contributed by atoms with Crippen LogP contribution in [0.5, 0.6) is 5.75 Å². The number of rotatable bonds is 8. The number of amides is 2. The van der Waals surface area contributed by atoms with Gasteiger partial charge < -0.3 is 40.3 Å². The van der Waals surface area contributed by atoms with Crippen molar-refractivity contribution in [3.63, 3.8) is 0 Å². The van der Waals surface area contributed by atoms with Crippen LogP contribution in [0.2, 0.25) is 0 Å².